The third-order valence-electron chi connectivity index (χ3n) is 4.68. The summed E-state index contributed by atoms with van der Waals surface area (Å²) in [5.74, 6) is 1.05. The fourth-order valence-corrected chi connectivity index (χ4v) is 4.03. The molecule has 1 fully saturated rings. The van der Waals surface area contributed by atoms with E-state index in [2.05, 4.69) is 31.9 Å². The molecule has 0 radical (unpaired) electrons. The average molecular weight is 474 g/mol. The van der Waals surface area contributed by atoms with Crippen molar-refractivity contribution in [2.24, 2.45) is 5.92 Å². The lowest BCUT2D eigenvalue weighted by molar-refractivity contribution is 0.166. The van der Waals surface area contributed by atoms with Gasteiger partial charge in [0.2, 0.25) is 0 Å². The molecule has 32 heavy (non-hydrogen) atoms. The molecule has 1 saturated heterocycles. The molecule has 2 N–H and O–H groups in total. The van der Waals surface area contributed by atoms with Crippen molar-refractivity contribution < 1.29 is 21.9 Å². The molecule has 2 rings (SSSR count). The summed E-state index contributed by atoms with van der Waals surface area (Å²) in [6.45, 7) is 24.4. The van der Waals surface area contributed by atoms with Crippen molar-refractivity contribution in [3.8, 4) is 5.75 Å². The van der Waals surface area contributed by atoms with E-state index in [4.69, 9.17) is 14.5 Å². The van der Waals surface area contributed by atoms with Crippen LogP contribution in [0.3, 0.4) is 0 Å². The van der Waals surface area contributed by atoms with Gasteiger partial charge in [-0.05, 0) is 48.4 Å². The second-order valence-electron chi connectivity index (χ2n) is 7.46. The van der Waals surface area contributed by atoms with E-state index in [1.165, 1.54) is 6.42 Å². The molecule has 1 aromatic rings. The lowest BCUT2D eigenvalue weighted by Gasteiger charge is -2.33. The Hall–Kier alpha value is -1.55. The molecule has 5 nitrogen and oxygen atoms in total. The topological polar surface area (TPSA) is 70.0 Å². The van der Waals surface area contributed by atoms with Crippen LogP contribution < -0.4 is 4.74 Å². The van der Waals surface area contributed by atoms with Crippen molar-refractivity contribution in [1.29, 1.82) is 0 Å². The molecule has 0 spiro atoms. The van der Waals surface area contributed by atoms with Gasteiger partial charge in [-0.25, -0.2) is 0 Å². The molecule has 0 bridgehead atoms. The maximum absolute atomic E-state index is 11.2. The fourth-order valence-electron chi connectivity index (χ4n) is 3.10. The Kier molecular flexibility index (Phi) is 19.3. The maximum Gasteiger partial charge on any atom is 0.326 e. The van der Waals surface area contributed by atoms with E-state index in [9.17, 15) is 4.57 Å². The molecule has 1 aliphatic heterocycles. The van der Waals surface area contributed by atoms with Gasteiger partial charge in [-0.3, -0.25) is 4.57 Å². The average Bonchev–Trinajstić information content (AvgIpc) is 2.80. The lowest BCUT2D eigenvalue weighted by atomic mass is 9.97. The van der Waals surface area contributed by atoms with Gasteiger partial charge in [0.1, 0.15) is 5.75 Å². The van der Waals surface area contributed by atoms with E-state index < -0.39 is 7.60 Å². The van der Waals surface area contributed by atoms with Crippen LogP contribution in [0.25, 0.3) is 0 Å². The molecule has 0 amide bonds. The molecule has 1 aliphatic rings. The Morgan fingerprint density at radius 1 is 1.25 bits per heavy atom. The molecule has 1 atom stereocenters. The molecule has 6 heteroatoms. The van der Waals surface area contributed by atoms with E-state index >= 15 is 0 Å². The van der Waals surface area contributed by atoms with Gasteiger partial charge in [-0.1, -0.05) is 80.2 Å². The summed E-state index contributed by atoms with van der Waals surface area (Å²) in [6, 6.07) is 7.53. The van der Waals surface area contributed by atoms with Crippen LogP contribution in [-0.4, -0.2) is 40.5 Å². The molecule has 1 heterocycles. The van der Waals surface area contributed by atoms with E-state index in [0.29, 0.717) is 12.5 Å². The van der Waals surface area contributed by atoms with Crippen LogP contribution in [0.5, 0.6) is 5.75 Å². The summed E-state index contributed by atoms with van der Waals surface area (Å²) >= 11 is 0. The van der Waals surface area contributed by atoms with Crippen LogP contribution in [0.2, 0.25) is 0 Å². The van der Waals surface area contributed by atoms with Crippen molar-refractivity contribution in [1.82, 2.24) is 4.90 Å². The van der Waals surface area contributed by atoms with Crippen LogP contribution in [0, 0.1) is 5.92 Å². The monoisotopic (exact) mass is 473 g/mol. The molecule has 0 saturated carbocycles. The zero-order valence-electron chi connectivity index (χ0n) is 21.5. The van der Waals surface area contributed by atoms with Crippen molar-refractivity contribution in [3.05, 3.63) is 54.8 Å². The first kappa shape index (κ1) is 32.6. The van der Waals surface area contributed by atoms with E-state index in [1.807, 2.05) is 58.9 Å². The van der Waals surface area contributed by atoms with E-state index in [1.54, 1.807) is 6.08 Å². The Labute approximate surface area is 200 Å². The van der Waals surface area contributed by atoms with Crippen molar-refractivity contribution in [2.45, 2.75) is 73.6 Å². The van der Waals surface area contributed by atoms with Gasteiger partial charge >= 0.3 is 7.60 Å². The summed E-state index contributed by atoms with van der Waals surface area (Å²) in [4.78, 5) is 20.5. The van der Waals surface area contributed by atoms with Crippen LogP contribution in [0.15, 0.2) is 49.2 Å². The second-order valence-corrected chi connectivity index (χ2v) is 9.16. The number of hydrogen-bond acceptors (Lipinski definition) is 3. The molecule has 190 valence electrons. The van der Waals surface area contributed by atoms with Crippen molar-refractivity contribution in [3.63, 3.8) is 0 Å². The van der Waals surface area contributed by atoms with Gasteiger partial charge < -0.3 is 19.4 Å². The number of nitrogens with zero attached hydrogens (tertiary/aromatic N) is 1. The summed E-state index contributed by atoms with van der Waals surface area (Å²) in [6.07, 6.45) is 5.01. The Bertz CT molecular complexity index is 675. The minimum absolute atomic E-state index is 0. The standard InChI is InChI=1S/C19H28NO4P.C3H8.2C2H6.2H2/c1-4-16(3)20-10-8-17(9-11-20)13-24-19-7-5-6-18(12-19)15(2)14-25(21,22)23;1-3-2;2*1-2;;/h4-7,12,15,17H,1,3,8-11,13-14H2,2H3,(H2,21,22,23);3H2,1-2H3;2*1-2H3;2*1H/t15-;;;;;/m0...../s1. The number of benzene rings is 1. The minimum Gasteiger partial charge on any atom is -0.493 e. The summed E-state index contributed by atoms with van der Waals surface area (Å²) in [5.41, 5.74) is 1.86. The van der Waals surface area contributed by atoms with Gasteiger partial charge in [0, 0.05) is 21.6 Å². The van der Waals surface area contributed by atoms with E-state index in [0.717, 1.165) is 42.9 Å². The molecular weight excluding hydrogens is 421 g/mol. The molecule has 0 aliphatic carbocycles. The number of piperidine rings is 1. The Balaban J connectivity index is -0.000000452. The third-order valence-corrected chi connectivity index (χ3v) is 5.70. The first-order valence-electron chi connectivity index (χ1n) is 12.0. The van der Waals surface area contributed by atoms with Crippen LogP contribution >= 0.6 is 7.60 Å². The van der Waals surface area contributed by atoms with Crippen molar-refractivity contribution >= 4 is 7.60 Å². The van der Waals surface area contributed by atoms with Gasteiger partial charge in [-0.15, -0.1) is 0 Å². The van der Waals surface area contributed by atoms with Crippen LogP contribution in [0.1, 0.15) is 82.1 Å². The number of likely N-dealkylation sites (tertiary alicyclic amines) is 1. The summed E-state index contributed by atoms with van der Waals surface area (Å²) in [5, 5.41) is 0. The zero-order chi connectivity index (χ0) is 25.2. The van der Waals surface area contributed by atoms with Crippen LogP contribution in [0.4, 0.5) is 0 Å². The van der Waals surface area contributed by atoms with Gasteiger partial charge in [0.05, 0.1) is 12.8 Å². The predicted octanol–water partition coefficient (Wildman–Crippen LogP) is 7.72. The Morgan fingerprint density at radius 3 is 2.25 bits per heavy atom. The lowest BCUT2D eigenvalue weighted by Crippen LogP contribution is -2.34. The largest absolute Gasteiger partial charge is 0.493 e. The molecule has 0 unspecified atom stereocenters. The third kappa shape index (κ3) is 14.5. The maximum atomic E-state index is 11.2. The first-order valence-corrected chi connectivity index (χ1v) is 13.8. The van der Waals surface area contributed by atoms with Gasteiger partial charge in [0.15, 0.2) is 0 Å². The number of rotatable bonds is 8. The molecule has 0 aromatic heterocycles. The molecular formula is C26H52NO4P. The highest BCUT2D eigenvalue weighted by molar-refractivity contribution is 7.51. The number of allylic oxidation sites excluding steroid dienone is 1. The SMILES string of the molecule is C=CC(=C)N1CCC(COc2cccc([C@@H](C)CP(=O)(O)O)c2)CC1.CC.CC.CCC.[HH].[HH]. The second kappa shape index (κ2) is 19.0. The fraction of sp³-hybridized carbons (Fsp3) is 0.615. The number of hydrogen-bond donors (Lipinski definition) is 2. The minimum atomic E-state index is -4.02. The number of ether oxygens (including phenoxy) is 1. The first-order chi connectivity index (χ1) is 15.2. The molecule has 1 aromatic carbocycles. The zero-order valence-corrected chi connectivity index (χ0v) is 22.4. The summed E-state index contributed by atoms with van der Waals surface area (Å²) in [7, 11) is -4.02. The van der Waals surface area contributed by atoms with Gasteiger partial charge in [0.25, 0.3) is 0 Å². The highest BCUT2D eigenvalue weighted by atomic mass is 31.2. The van der Waals surface area contributed by atoms with Crippen molar-refractivity contribution in [2.75, 3.05) is 25.9 Å². The Morgan fingerprint density at radius 2 is 1.78 bits per heavy atom. The van der Waals surface area contributed by atoms with Crippen LogP contribution in [-0.2, 0) is 4.57 Å². The normalized spacial score (nSPS) is 14.3. The van der Waals surface area contributed by atoms with E-state index in [-0.39, 0.29) is 14.9 Å². The predicted molar refractivity (Wildman–Crippen MR) is 144 cm³/mol. The highest BCUT2D eigenvalue weighted by Crippen LogP contribution is 2.40. The quantitative estimate of drug-likeness (QED) is 0.299. The summed E-state index contributed by atoms with van der Waals surface area (Å²) < 4.78 is 17.1. The smallest absolute Gasteiger partial charge is 0.326 e. The highest BCUT2D eigenvalue weighted by Gasteiger charge is 2.21. The van der Waals surface area contributed by atoms with Gasteiger partial charge in [-0.2, -0.15) is 0 Å².